The first-order chi connectivity index (χ1) is 13.3. The third-order valence-electron chi connectivity index (χ3n) is 3.84. The van der Waals surface area contributed by atoms with Crippen molar-refractivity contribution >= 4 is 33.4 Å². The quantitative estimate of drug-likeness (QED) is 0.428. The van der Waals surface area contributed by atoms with Gasteiger partial charge in [-0.3, -0.25) is 30.0 Å². The van der Waals surface area contributed by atoms with E-state index in [4.69, 9.17) is 0 Å². The summed E-state index contributed by atoms with van der Waals surface area (Å²) in [7, 11) is -3.80. The first-order valence-corrected chi connectivity index (χ1v) is 9.92. The standard InChI is InChI=1S/C18H18N4O5S/c23-16(20-21-18(25)17(24)19-13-9-10-13)12-5-4-6-14(11-12)22-28(26,27)15-7-2-1-3-8-15/h1-8,11,13,22H,9-10H2,(H,19,24)(H,20,23)(H,21,25). The van der Waals surface area contributed by atoms with Crippen LogP contribution in [0.4, 0.5) is 5.69 Å². The Bertz CT molecular complexity index is 1000. The van der Waals surface area contributed by atoms with Crippen LogP contribution in [0.5, 0.6) is 0 Å². The zero-order valence-electron chi connectivity index (χ0n) is 14.6. The number of benzene rings is 2. The fraction of sp³-hybridized carbons (Fsp3) is 0.167. The highest BCUT2D eigenvalue weighted by Crippen LogP contribution is 2.18. The van der Waals surface area contributed by atoms with E-state index in [1.54, 1.807) is 18.2 Å². The summed E-state index contributed by atoms with van der Waals surface area (Å²) in [6.07, 6.45) is 1.66. The number of hydrogen-bond donors (Lipinski definition) is 4. The fourth-order valence-corrected chi connectivity index (χ4v) is 3.33. The summed E-state index contributed by atoms with van der Waals surface area (Å²) < 4.78 is 27.1. The maximum atomic E-state index is 12.4. The number of carbonyl (C=O) groups excluding carboxylic acids is 3. The highest BCUT2D eigenvalue weighted by atomic mass is 32.2. The second-order valence-electron chi connectivity index (χ2n) is 6.16. The minimum absolute atomic E-state index is 0.0169. The molecule has 0 radical (unpaired) electrons. The van der Waals surface area contributed by atoms with Gasteiger partial charge < -0.3 is 5.32 Å². The van der Waals surface area contributed by atoms with E-state index in [9.17, 15) is 22.8 Å². The monoisotopic (exact) mass is 402 g/mol. The molecule has 0 heterocycles. The van der Waals surface area contributed by atoms with Gasteiger partial charge in [0.2, 0.25) is 0 Å². The summed E-state index contributed by atoms with van der Waals surface area (Å²) in [6.45, 7) is 0. The molecular weight excluding hydrogens is 384 g/mol. The fourth-order valence-electron chi connectivity index (χ4n) is 2.26. The van der Waals surface area contributed by atoms with Crippen molar-refractivity contribution in [2.45, 2.75) is 23.8 Å². The molecule has 0 unspecified atom stereocenters. The zero-order chi connectivity index (χ0) is 20.1. The van der Waals surface area contributed by atoms with Gasteiger partial charge in [-0.1, -0.05) is 24.3 Å². The van der Waals surface area contributed by atoms with E-state index in [2.05, 4.69) is 15.5 Å². The average Bonchev–Trinajstić information content (AvgIpc) is 3.50. The first-order valence-electron chi connectivity index (χ1n) is 8.44. The molecule has 3 rings (SSSR count). The Kier molecular flexibility index (Phi) is 5.59. The summed E-state index contributed by atoms with van der Waals surface area (Å²) in [5.74, 6) is -2.51. The van der Waals surface area contributed by atoms with Crippen molar-refractivity contribution in [2.75, 3.05) is 4.72 Å². The molecule has 0 atom stereocenters. The second kappa shape index (κ2) is 8.09. The van der Waals surface area contributed by atoms with Gasteiger partial charge in [-0.15, -0.1) is 0 Å². The van der Waals surface area contributed by atoms with E-state index >= 15 is 0 Å². The van der Waals surface area contributed by atoms with Crippen LogP contribution in [-0.4, -0.2) is 32.2 Å². The summed E-state index contributed by atoms with van der Waals surface area (Å²) in [5, 5.41) is 2.49. The Morgan fingerprint density at radius 3 is 2.25 bits per heavy atom. The average molecular weight is 402 g/mol. The van der Waals surface area contributed by atoms with Gasteiger partial charge in [-0.25, -0.2) is 8.42 Å². The molecule has 0 aromatic heterocycles. The second-order valence-corrected chi connectivity index (χ2v) is 7.84. The van der Waals surface area contributed by atoms with Crippen LogP contribution in [0.1, 0.15) is 23.2 Å². The molecular formula is C18H18N4O5S. The Balaban J connectivity index is 1.61. The minimum atomic E-state index is -3.80. The smallest absolute Gasteiger partial charge is 0.327 e. The molecule has 2 aromatic carbocycles. The van der Waals surface area contributed by atoms with E-state index in [-0.39, 0.29) is 22.2 Å². The molecule has 4 N–H and O–H groups in total. The van der Waals surface area contributed by atoms with Crippen LogP contribution in [0.25, 0.3) is 0 Å². The highest BCUT2D eigenvalue weighted by molar-refractivity contribution is 7.92. The van der Waals surface area contributed by atoms with Gasteiger partial charge in [0.05, 0.1) is 4.90 Å². The van der Waals surface area contributed by atoms with Crippen LogP contribution in [-0.2, 0) is 19.6 Å². The molecule has 2 aromatic rings. The van der Waals surface area contributed by atoms with E-state index in [1.165, 1.54) is 36.4 Å². The molecule has 0 saturated heterocycles. The number of anilines is 1. The number of hydrogen-bond acceptors (Lipinski definition) is 5. The summed E-state index contributed by atoms with van der Waals surface area (Å²) >= 11 is 0. The molecule has 0 bridgehead atoms. The van der Waals surface area contributed by atoms with Gasteiger partial charge in [-0.2, -0.15) is 0 Å². The molecule has 1 aliphatic rings. The summed E-state index contributed by atoms with van der Waals surface area (Å²) in [5.41, 5.74) is 4.41. The lowest BCUT2D eigenvalue weighted by Gasteiger charge is -2.10. The molecule has 0 spiro atoms. The SMILES string of the molecule is O=C(NNC(=O)c1cccc(NS(=O)(=O)c2ccccc2)c1)C(=O)NC1CC1. The van der Waals surface area contributed by atoms with E-state index < -0.39 is 27.7 Å². The molecule has 10 heteroatoms. The number of hydrazine groups is 1. The van der Waals surface area contributed by atoms with Gasteiger partial charge in [-0.05, 0) is 43.2 Å². The Hall–Kier alpha value is -3.40. The van der Waals surface area contributed by atoms with Gasteiger partial charge in [0.1, 0.15) is 0 Å². The topological polar surface area (TPSA) is 133 Å². The first kappa shape index (κ1) is 19.4. The normalized spacial score (nSPS) is 13.3. The molecule has 3 amide bonds. The van der Waals surface area contributed by atoms with Crippen molar-refractivity contribution in [3.63, 3.8) is 0 Å². The summed E-state index contributed by atoms with van der Waals surface area (Å²) in [4.78, 5) is 35.4. The van der Waals surface area contributed by atoms with Crippen LogP contribution in [0.2, 0.25) is 0 Å². The number of carbonyl (C=O) groups is 3. The Morgan fingerprint density at radius 2 is 1.57 bits per heavy atom. The minimum Gasteiger partial charge on any atom is -0.345 e. The third kappa shape index (κ3) is 5.07. The van der Waals surface area contributed by atoms with Gasteiger partial charge in [0, 0.05) is 17.3 Å². The third-order valence-corrected chi connectivity index (χ3v) is 5.24. The molecule has 28 heavy (non-hydrogen) atoms. The lowest BCUT2D eigenvalue weighted by molar-refractivity contribution is -0.139. The van der Waals surface area contributed by atoms with Crippen LogP contribution < -0.4 is 20.9 Å². The number of rotatable bonds is 5. The van der Waals surface area contributed by atoms with Crippen molar-refractivity contribution in [3.05, 3.63) is 60.2 Å². The predicted molar refractivity (Wildman–Crippen MR) is 100 cm³/mol. The van der Waals surface area contributed by atoms with Crippen molar-refractivity contribution in [1.29, 1.82) is 0 Å². The van der Waals surface area contributed by atoms with E-state index in [0.717, 1.165) is 12.8 Å². The number of sulfonamides is 1. The lowest BCUT2D eigenvalue weighted by Crippen LogP contribution is -2.49. The number of nitrogens with one attached hydrogen (secondary N) is 4. The summed E-state index contributed by atoms with van der Waals surface area (Å²) in [6, 6.07) is 13.5. The number of amides is 3. The molecule has 9 nitrogen and oxygen atoms in total. The van der Waals surface area contributed by atoms with Gasteiger partial charge in [0.15, 0.2) is 0 Å². The molecule has 1 saturated carbocycles. The Morgan fingerprint density at radius 1 is 0.857 bits per heavy atom. The van der Waals surface area contributed by atoms with Crippen LogP contribution >= 0.6 is 0 Å². The maximum Gasteiger partial charge on any atom is 0.327 e. The van der Waals surface area contributed by atoms with Crippen LogP contribution in [0, 0.1) is 0 Å². The van der Waals surface area contributed by atoms with E-state index in [1.807, 2.05) is 5.43 Å². The van der Waals surface area contributed by atoms with Gasteiger partial charge in [0.25, 0.3) is 15.9 Å². The van der Waals surface area contributed by atoms with Crippen molar-refractivity contribution in [3.8, 4) is 0 Å². The van der Waals surface area contributed by atoms with Crippen LogP contribution in [0.15, 0.2) is 59.5 Å². The van der Waals surface area contributed by atoms with Crippen molar-refractivity contribution < 1.29 is 22.8 Å². The maximum absolute atomic E-state index is 12.4. The Labute approximate surface area is 161 Å². The van der Waals surface area contributed by atoms with Gasteiger partial charge >= 0.3 is 11.8 Å². The lowest BCUT2D eigenvalue weighted by atomic mass is 10.2. The molecule has 1 aliphatic carbocycles. The van der Waals surface area contributed by atoms with Crippen molar-refractivity contribution in [1.82, 2.24) is 16.2 Å². The van der Waals surface area contributed by atoms with Crippen molar-refractivity contribution in [2.24, 2.45) is 0 Å². The highest BCUT2D eigenvalue weighted by Gasteiger charge is 2.26. The largest absolute Gasteiger partial charge is 0.345 e. The molecule has 1 fully saturated rings. The van der Waals surface area contributed by atoms with E-state index in [0.29, 0.717) is 0 Å². The zero-order valence-corrected chi connectivity index (χ0v) is 15.5. The van der Waals surface area contributed by atoms with Crippen LogP contribution in [0.3, 0.4) is 0 Å². The molecule has 146 valence electrons. The molecule has 0 aliphatic heterocycles. The predicted octanol–water partition coefficient (Wildman–Crippen LogP) is 0.527.